The average molecular weight is 254 g/mol. The lowest BCUT2D eigenvalue weighted by Gasteiger charge is -2.37. The summed E-state index contributed by atoms with van der Waals surface area (Å²) in [5.41, 5.74) is 0. The van der Waals surface area contributed by atoms with Crippen LogP contribution in [-0.2, 0) is 4.79 Å². The summed E-state index contributed by atoms with van der Waals surface area (Å²) in [7, 11) is -1.61. The molecule has 0 aromatic heterocycles. The van der Waals surface area contributed by atoms with Gasteiger partial charge in [-0.05, 0) is 17.9 Å². The molecule has 2 heteroatoms. The van der Waals surface area contributed by atoms with Crippen LogP contribution in [0.4, 0.5) is 0 Å². The summed E-state index contributed by atoms with van der Waals surface area (Å²) in [5.74, 6) is 2.27. The van der Waals surface area contributed by atoms with E-state index in [4.69, 9.17) is 0 Å². The molecule has 1 nitrogen and oxygen atoms in total. The van der Waals surface area contributed by atoms with E-state index < -0.39 is 8.07 Å². The smallest absolute Gasteiger partial charge is 0.119 e. The number of hydrogen-bond acceptors (Lipinski definition) is 1. The molecule has 0 rings (SSSR count). The Hall–Kier alpha value is -0.333. The molecule has 0 aliphatic heterocycles. The second kappa shape index (κ2) is 7.18. The molecule has 0 heterocycles. The van der Waals surface area contributed by atoms with E-state index in [1.54, 1.807) is 0 Å². The van der Waals surface area contributed by atoms with Crippen LogP contribution in [0.25, 0.3) is 0 Å². The lowest BCUT2D eigenvalue weighted by molar-refractivity contribution is 0.565. The molecule has 0 bridgehead atoms. The first-order chi connectivity index (χ1) is 7.77. The fraction of sp³-hybridized carbons (Fsp3) is 0.867. The Bertz CT molecular complexity index is 267. The Morgan fingerprint density at radius 3 is 2.00 bits per heavy atom. The molecule has 17 heavy (non-hydrogen) atoms. The zero-order valence-corrected chi connectivity index (χ0v) is 13.7. The lowest BCUT2D eigenvalue weighted by atomic mass is 10.1. The van der Waals surface area contributed by atoms with Gasteiger partial charge < -0.3 is 0 Å². The minimum atomic E-state index is -1.61. The molecule has 0 saturated carbocycles. The first kappa shape index (κ1) is 16.7. The van der Waals surface area contributed by atoms with Gasteiger partial charge in [-0.25, -0.2) is 4.79 Å². The molecule has 0 fully saturated rings. The van der Waals surface area contributed by atoms with Gasteiger partial charge in [0.25, 0.3) is 0 Å². The van der Waals surface area contributed by atoms with Crippen molar-refractivity contribution in [3.8, 4) is 0 Å². The molecule has 0 atom stereocenters. The van der Waals surface area contributed by atoms with E-state index in [0.717, 1.165) is 18.0 Å². The molecule has 0 radical (unpaired) electrons. The van der Waals surface area contributed by atoms with Gasteiger partial charge in [0, 0.05) is 5.20 Å². The third-order valence-corrected chi connectivity index (χ3v) is 9.89. The van der Waals surface area contributed by atoms with E-state index in [9.17, 15) is 4.79 Å². The van der Waals surface area contributed by atoms with Crippen LogP contribution in [0.1, 0.15) is 66.2 Å². The maximum atomic E-state index is 11.2. The first-order valence-corrected chi connectivity index (χ1v) is 10.0. The van der Waals surface area contributed by atoms with Crippen molar-refractivity contribution in [2.75, 3.05) is 0 Å². The molecule has 0 aromatic carbocycles. The molecule has 0 unspecified atom stereocenters. The number of hydrogen-bond donors (Lipinski definition) is 0. The lowest BCUT2D eigenvalue weighted by Crippen LogP contribution is -2.40. The highest BCUT2D eigenvalue weighted by Gasteiger charge is 2.38. The summed E-state index contributed by atoms with van der Waals surface area (Å²) in [6, 6.07) is 0. The van der Waals surface area contributed by atoms with Gasteiger partial charge in [-0.2, -0.15) is 0 Å². The second-order valence-electron chi connectivity index (χ2n) is 6.62. The normalized spacial score (nSPS) is 12.4. The average Bonchev–Trinajstić information content (AvgIpc) is 2.21. The van der Waals surface area contributed by atoms with Gasteiger partial charge >= 0.3 is 0 Å². The quantitative estimate of drug-likeness (QED) is 0.349. The van der Waals surface area contributed by atoms with E-state index in [-0.39, 0.29) is 5.04 Å². The molecule has 0 N–H and O–H groups in total. The van der Waals surface area contributed by atoms with E-state index in [1.807, 2.05) is 0 Å². The molecule has 0 aliphatic rings. The molecule has 0 spiro atoms. The highest BCUT2D eigenvalue weighted by molar-refractivity contribution is 6.87. The molecule has 0 saturated heterocycles. The fourth-order valence-corrected chi connectivity index (χ4v) is 3.81. The van der Waals surface area contributed by atoms with Crippen molar-refractivity contribution in [2.45, 2.75) is 84.4 Å². The summed E-state index contributed by atoms with van der Waals surface area (Å²) in [6.45, 7) is 13.6. The van der Waals surface area contributed by atoms with Gasteiger partial charge in [0.1, 0.15) is 5.94 Å². The number of carbonyl (C=O) groups excluding carboxylic acids is 1. The Labute approximate surface area is 109 Å². The number of rotatable bonds is 7. The minimum absolute atomic E-state index is 0.253. The van der Waals surface area contributed by atoms with Crippen LogP contribution in [0.15, 0.2) is 5.20 Å². The van der Waals surface area contributed by atoms with Crippen LogP contribution in [0.5, 0.6) is 0 Å². The monoisotopic (exact) mass is 254 g/mol. The third kappa shape index (κ3) is 5.22. The highest BCUT2D eigenvalue weighted by atomic mass is 28.3. The third-order valence-electron chi connectivity index (χ3n) is 4.28. The Morgan fingerprint density at radius 2 is 1.59 bits per heavy atom. The Morgan fingerprint density at radius 1 is 1.06 bits per heavy atom. The van der Waals surface area contributed by atoms with E-state index in [1.165, 1.54) is 25.7 Å². The van der Waals surface area contributed by atoms with Crippen LogP contribution >= 0.6 is 0 Å². The summed E-state index contributed by atoms with van der Waals surface area (Å²) in [4.78, 5) is 11.2. The van der Waals surface area contributed by atoms with Gasteiger partial charge in [0.2, 0.25) is 0 Å². The maximum absolute atomic E-state index is 11.2. The number of allylic oxidation sites excluding steroid dienone is 1. The molecular weight excluding hydrogens is 224 g/mol. The molecule has 100 valence electrons. The van der Waals surface area contributed by atoms with Gasteiger partial charge in [0.05, 0.1) is 8.07 Å². The fourth-order valence-electron chi connectivity index (χ4n) is 1.85. The predicted molar refractivity (Wildman–Crippen MR) is 79.8 cm³/mol. The minimum Gasteiger partial charge on any atom is -0.234 e. The number of unbranched alkanes of at least 4 members (excludes halogenated alkanes) is 4. The van der Waals surface area contributed by atoms with Gasteiger partial charge in [-0.3, -0.25) is 0 Å². The van der Waals surface area contributed by atoms with Crippen LogP contribution in [0, 0.1) is 0 Å². The Kier molecular flexibility index (Phi) is 7.04. The van der Waals surface area contributed by atoms with Crippen LogP contribution in [0.3, 0.4) is 0 Å². The maximum Gasteiger partial charge on any atom is 0.119 e. The second-order valence-corrected chi connectivity index (χ2v) is 12.0. The molecule has 0 aliphatic carbocycles. The SMILES string of the molecule is CCCCCCCC(=C=O)[Si](C)(C)C(C)(C)C. The molecule has 0 aromatic rings. The van der Waals surface area contributed by atoms with E-state index in [0.29, 0.717) is 0 Å². The van der Waals surface area contributed by atoms with Crippen molar-refractivity contribution in [1.82, 2.24) is 0 Å². The van der Waals surface area contributed by atoms with Crippen LogP contribution in [-0.4, -0.2) is 14.0 Å². The van der Waals surface area contributed by atoms with Crippen molar-refractivity contribution < 1.29 is 4.79 Å². The zero-order valence-electron chi connectivity index (χ0n) is 12.7. The Balaban J connectivity index is 4.32. The molecule has 0 amide bonds. The summed E-state index contributed by atoms with van der Waals surface area (Å²) < 4.78 is 0. The first-order valence-electron chi connectivity index (χ1n) is 7.01. The molecular formula is C15H30OSi. The van der Waals surface area contributed by atoms with E-state index in [2.05, 4.69) is 46.7 Å². The zero-order chi connectivity index (χ0) is 13.5. The standard InChI is InChI=1S/C15H30OSi/c1-7-8-9-10-11-12-14(13-16)17(5,6)15(2,3)4/h7-12H2,1-6H3. The van der Waals surface area contributed by atoms with Crippen molar-refractivity contribution in [3.05, 3.63) is 5.20 Å². The predicted octanol–water partition coefficient (Wildman–Crippen LogP) is 5.15. The largest absolute Gasteiger partial charge is 0.234 e. The van der Waals surface area contributed by atoms with Crippen molar-refractivity contribution >= 4 is 14.0 Å². The summed E-state index contributed by atoms with van der Waals surface area (Å²) in [6.07, 6.45) is 7.30. The highest BCUT2D eigenvalue weighted by Crippen LogP contribution is 2.41. The van der Waals surface area contributed by atoms with Crippen LogP contribution < -0.4 is 0 Å². The van der Waals surface area contributed by atoms with Crippen LogP contribution in [0.2, 0.25) is 18.1 Å². The summed E-state index contributed by atoms with van der Waals surface area (Å²) >= 11 is 0. The van der Waals surface area contributed by atoms with Gasteiger partial charge in [-0.15, -0.1) is 0 Å². The van der Waals surface area contributed by atoms with Crippen molar-refractivity contribution in [1.29, 1.82) is 0 Å². The summed E-state index contributed by atoms with van der Waals surface area (Å²) in [5, 5.41) is 1.35. The van der Waals surface area contributed by atoms with Crippen molar-refractivity contribution in [2.24, 2.45) is 0 Å². The van der Waals surface area contributed by atoms with Gasteiger partial charge in [0.15, 0.2) is 0 Å². The topological polar surface area (TPSA) is 17.1 Å². The van der Waals surface area contributed by atoms with E-state index >= 15 is 0 Å². The van der Waals surface area contributed by atoms with Gasteiger partial charge in [-0.1, -0.05) is 66.5 Å². The van der Waals surface area contributed by atoms with Crippen molar-refractivity contribution in [3.63, 3.8) is 0 Å².